The number of thioether (sulfide) groups is 1. The van der Waals surface area contributed by atoms with E-state index in [1.165, 1.54) is 5.75 Å². The van der Waals surface area contributed by atoms with Crippen LogP contribution < -0.4 is 4.74 Å². The Morgan fingerprint density at radius 2 is 2.14 bits per heavy atom. The highest BCUT2D eigenvalue weighted by Gasteiger charge is 2.16. The minimum absolute atomic E-state index is 0.349. The fourth-order valence-corrected chi connectivity index (χ4v) is 2.52. The Kier molecular flexibility index (Phi) is 3.09. The Balaban J connectivity index is 1.98. The van der Waals surface area contributed by atoms with Crippen molar-refractivity contribution >= 4 is 18.0 Å². The normalized spacial score (nSPS) is 20.7. The molecule has 1 atom stereocenters. The number of rotatable bonds is 3. The van der Waals surface area contributed by atoms with E-state index in [1.807, 2.05) is 23.9 Å². The molecule has 0 aromatic heterocycles. The van der Waals surface area contributed by atoms with Crippen LogP contribution in [-0.4, -0.2) is 23.9 Å². The van der Waals surface area contributed by atoms with Crippen LogP contribution in [0.3, 0.4) is 0 Å². The van der Waals surface area contributed by atoms with Gasteiger partial charge in [-0.2, -0.15) is 11.8 Å². The molecule has 3 heteroatoms. The van der Waals surface area contributed by atoms with Crippen molar-refractivity contribution < 1.29 is 9.53 Å². The minimum atomic E-state index is 0.349. The average molecular weight is 208 g/mol. The Morgan fingerprint density at radius 3 is 2.71 bits per heavy atom. The van der Waals surface area contributed by atoms with Crippen molar-refractivity contribution in [2.75, 3.05) is 11.5 Å². The minimum Gasteiger partial charge on any atom is -0.490 e. The van der Waals surface area contributed by atoms with Gasteiger partial charge in [0.05, 0.1) is 0 Å². The lowest BCUT2D eigenvalue weighted by Gasteiger charge is -2.11. The Labute approximate surface area is 87.6 Å². The van der Waals surface area contributed by atoms with Gasteiger partial charge in [0, 0.05) is 11.3 Å². The van der Waals surface area contributed by atoms with Gasteiger partial charge in [0.1, 0.15) is 18.1 Å². The number of hydrogen-bond donors (Lipinski definition) is 0. The van der Waals surface area contributed by atoms with Gasteiger partial charge in [-0.05, 0) is 36.4 Å². The largest absolute Gasteiger partial charge is 0.490 e. The molecule has 0 radical (unpaired) electrons. The second kappa shape index (κ2) is 4.51. The third-order valence-corrected chi connectivity index (χ3v) is 3.34. The number of aldehydes is 1. The van der Waals surface area contributed by atoms with E-state index in [4.69, 9.17) is 4.74 Å². The van der Waals surface area contributed by atoms with Crippen LogP contribution in [0.5, 0.6) is 5.75 Å². The maximum atomic E-state index is 10.4. The number of hydrogen-bond acceptors (Lipinski definition) is 3. The van der Waals surface area contributed by atoms with Gasteiger partial charge in [0.2, 0.25) is 0 Å². The van der Waals surface area contributed by atoms with E-state index in [0.29, 0.717) is 11.7 Å². The quantitative estimate of drug-likeness (QED) is 0.713. The van der Waals surface area contributed by atoms with Gasteiger partial charge in [-0.1, -0.05) is 0 Å². The van der Waals surface area contributed by atoms with Crippen LogP contribution in [0, 0.1) is 0 Å². The third-order valence-electron chi connectivity index (χ3n) is 2.21. The van der Waals surface area contributed by atoms with Crippen LogP contribution in [0.15, 0.2) is 24.3 Å². The van der Waals surface area contributed by atoms with Crippen LogP contribution in [-0.2, 0) is 0 Å². The SMILES string of the molecule is O=Cc1ccc(O[C@H]2CCSC2)cc1. The summed E-state index contributed by atoms with van der Waals surface area (Å²) in [5, 5.41) is 0. The van der Waals surface area contributed by atoms with E-state index in [1.54, 1.807) is 12.1 Å². The average Bonchev–Trinajstić information content (AvgIpc) is 2.72. The van der Waals surface area contributed by atoms with Gasteiger partial charge in [-0.25, -0.2) is 0 Å². The van der Waals surface area contributed by atoms with Crippen molar-refractivity contribution in [2.24, 2.45) is 0 Å². The molecule has 1 aromatic rings. The van der Waals surface area contributed by atoms with Crippen LogP contribution >= 0.6 is 11.8 Å². The van der Waals surface area contributed by atoms with E-state index >= 15 is 0 Å². The summed E-state index contributed by atoms with van der Waals surface area (Å²) in [6.45, 7) is 0. The first kappa shape index (κ1) is 9.59. The molecular formula is C11H12O2S. The molecule has 1 fully saturated rings. The molecule has 14 heavy (non-hydrogen) atoms. The lowest BCUT2D eigenvalue weighted by atomic mass is 10.2. The summed E-state index contributed by atoms with van der Waals surface area (Å²) in [4.78, 5) is 10.4. The lowest BCUT2D eigenvalue weighted by molar-refractivity contribution is 0.112. The molecule has 0 aliphatic carbocycles. The Morgan fingerprint density at radius 1 is 1.36 bits per heavy atom. The maximum Gasteiger partial charge on any atom is 0.150 e. The summed E-state index contributed by atoms with van der Waals surface area (Å²) >= 11 is 1.93. The van der Waals surface area contributed by atoms with E-state index < -0.39 is 0 Å². The molecule has 1 aliphatic heterocycles. The summed E-state index contributed by atoms with van der Waals surface area (Å²) in [5.74, 6) is 3.13. The maximum absolute atomic E-state index is 10.4. The molecule has 0 spiro atoms. The summed E-state index contributed by atoms with van der Waals surface area (Å²) in [6, 6.07) is 7.27. The molecule has 1 saturated heterocycles. The summed E-state index contributed by atoms with van der Waals surface area (Å²) in [6.07, 6.45) is 2.32. The van der Waals surface area contributed by atoms with E-state index in [2.05, 4.69) is 0 Å². The molecule has 2 nitrogen and oxygen atoms in total. The Hall–Kier alpha value is -0.960. The molecule has 0 bridgehead atoms. The molecule has 2 rings (SSSR count). The van der Waals surface area contributed by atoms with E-state index in [0.717, 1.165) is 24.2 Å². The van der Waals surface area contributed by atoms with Crippen molar-refractivity contribution in [2.45, 2.75) is 12.5 Å². The summed E-state index contributed by atoms with van der Waals surface area (Å²) in [5.41, 5.74) is 0.693. The van der Waals surface area contributed by atoms with Crippen LogP contribution in [0.1, 0.15) is 16.8 Å². The standard InChI is InChI=1S/C11H12O2S/c12-7-9-1-3-10(4-2-9)13-11-5-6-14-8-11/h1-4,7,11H,5-6,8H2/t11-/m0/s1. The highest BCUT2D eigenvalue weighted by molar-refractivity contribution is 7.99. The molecule has 0 unspecified atom stereocenters. The van der Waals surface area contributed by atoms with E-state index in [9.17, 15) is 4.79 Å². The van der Waals surface area contributed by atoms with Crippen LogP contribution in [0.4, 0.5) is 0 Å². The van der Waals surface area contributed by atoms with Gasteiger partial charge >= 0.3 is 0 Å². The third kappa shape index (κ3) is 2.29. The fraction of sp³-hybridized carbons (Fsp3) is 0.364. The van der Waals surface area contributed by atoms with E-state index in [-0.39, 0.29) is 0 Å². The first-order valence-electron chi connectivity index (χ1n) is 4.68. The van der Waals surface area contributed by atoms with Gasteiger partial charge < -0.3 is 4.74 Å². The number of carbonyl (C=O) groups excluding carboxylic acids is 1. The molecule has 1 aromatic carbocycles. The molecule has 1 heterocycles. The first-order chi connectivity index (χ1) is 6.88. The van der Waals surface area contributed by atoms with Crippen molar-refractivity contribution in [1.82, 2.24) is 0 Å². The van der Waals surface area contributed by atoms with Crippen molar-refractivity contribution in [3.63, 3.8) is 0 Å². The highest BCUT2D eigenvalue weighted by Crippen LogP contribution is 2.23. The van der Waals surface area contributed by atoms with Gasteiger partial charge in [-0.3, -0.25) is 4.79 Å². The molecule has 74 valence electrons. The fourth-order valence-electron chi connectivity index (χ4n) is 1.42. The van der Waals surface area contributed by atoms with Gasteiger partial charge in [0.15, 0.2) is 0 Å². The predicted octanol–water partition coefficient (Wildman–Crippen LogP) is 2.38. The van der Waals surface area contributed by atoms with Crippen molar-refractivity contribution in [1.29, 1.82) is 0 Å². The molecule has 0 saturated carbocycles. The first-order valence-corrected chi connectivity index (χ1v) is 5.83. The zero-order chi connectivity index (χ0) is 9.80. The molecule has 0 N–H and O–H groups in total. The van der Waals surface area contributed by atoms with Crippen molar-refractivity contribution in [3.8, 4) is 5.75 Å². The smallest absolute Gasteiger partial charge is 0.150 e. The van der Waals surface area contributed by atoms with Crippen molar-refractivity contribution in [3.05, 3.63) is 29.8 Å². The molecular weight excluding hydrogens is 196 g/mol. The summed E-state index contributed by atoms with van der Waals surface area (Å²) < 4.78 is 5.74. The zero-order valence-electron chi connectivity index (χ0n) is 7.81. The number of carbonyl (C=O) groups is 1. The second-order valence-corrected chi connectivity index (χ2v) is 4.44. The molecule has 0 amide bonds. The second-order valence-electron chi connectivity index (χ2n) is 3.29. The topological polar surface area (TPSA) is 26.3 Å². The van der Waals surface area contributed by atoms with Crippen LogP contribution in [0.25, 0.3) is 0 Å². The number of ether oxygens (including phenoxy) is 1. The predicted molar refractivity (Wildman–Crippen MR) is 58.2 cm³/mol. The highest BCUT2D eigenvalue weighted by atomic mass is 32.2. The van der Waals surface area contributed by atoms with Crippen LogP contribution in [0.2, 0.25) is 0 Å². The Bertz CT molecular complexity index is 302. The zero-order valence-corrected chi connectivity index (χ0v) is 8.63. The van der Waals surface area contributed by atoms with Gasteiger partial charge in [-0.15, -0.1) is 0 Å². The van der Waals surface area contributed by atoms with Gasteiger partial charge in [0.25, 0.3) is 0 Å². The lowest BCUT2D eigenvalue weighted by Crippen LogP contribution is -2.14. The molecule has 1 aliphatic rings. The summed E-state index contributed by atoms with van der Waals surface area (Å²) in [7, 11) is 0. The monoisotopic (exact) mass is 208 g/mol. The number of benzene rings is 1.